The Hall–Kier alpha value is -5.05. The first-order chi connectivity index (χ1) is 23.2. The van der Waals surface area contributed by atoms with Gasteiger partial charge in [-0.25, -0.2) is 4.79 Å². The van der Waals surface area contributed by atoms with Gasteiger partial charge in [-0.3, -0.25) is 4.68 Å². The van der Waals surface area contributed by atoms with Gasteiger partial charge in [0.1, 0.15) is 24.5 Å². The summed E-state index contributed by atoms with van der Waals surface area (Å²) in [5.74, 6) is 1.40. The first-order valence-electron chi connectivity index (χ1n) is 16.8. The lowest BCUT2D eigenvalue weighted by molar-refractivity contribution is 0.0163. The maximum Gasteiger partial charge on any atom is 0.410 e. The van der Waals surface area contributed by atoms with E-state index in [1.54, 1.807) is 0 Å². The summed E-state index contributed by atoms with van der Waals surface area (Å²) in [6.45, 7) is 8.83. The Morgan fingerprint density at radius 3 is 2.33 bits per heavy atom. The van der Waals surface area contributed by atoms with Gasteiger partial charge in [0, 0.05) is 43.8 Å². The van der Waals surface area contributed by atoms with E-state index in [9.17, 15) is 4.79 Å². The molecule has 1 atom stereocenters. The monoisotopic (exact) mass is 647 g/mol. The number of likely N-dealkylation sites (tertiary alicyclic amines) is 1. The molecule has 9 nitrogen and oxygen atoms in total. The molecule has 6 rings (SSSR count). The number of piperidine rings is 1. The number of fused-ring (bicyclic) bond motifs is 1. The number of amides is 1. The van der Waals surface area contributed by atoms with Crippen LogP contribution < -0.4 is 14.8 Å². The summed E-state index contributed by atoms with van der Waals surface area (Å²) in [4.78, 5) is 19.3. The number of nitrogens with zero attached hydrogens (tertiary/aromatic N) is 4. The third kappa shape index (κ3) is 8.45. The van der Waals surface area contributed by atoms with Gasteiger partial charge < -0.3 is 24.4 Å². The number of anilines is 1. The number of benzene rings is 3. The molecule has 3 aromatic carbocycles. The number of aromatic nitrogens is 3. The van der Waals surface area contributed by atoms with Crippen molar-refractivity contribution >= 4 is 22.7 Å². The Balaban J connectivity index is 1.16. The summed E-state index contributed by atoms with van der Waals surface area (Å²) in [5, 5.41) is 9.53. The van der Waals surface area contributed by atoms with E-state index >= 15 is 0 Å². The van der Waals surface area contributed by atoms with Crippen molar-refractivity contribution in [2.45, 2.75) is 58.8 Å². The third-order valence-electron chi connectivity index (χ3n) is 8.44. The normalized spacial score (nSPS) is 14.9. The molecule has 48 heavy (non-hydrogen) atoms. The Labute approximate surface area is 282 Å². The quantitative estimate of drug-likeness (QED) is 0.154. The van der Waals surface area contributed by atoms with Gasteiger partial charge in [-0.15, -0.1) is 0 Å². The molecule has 3 heterocycles. The number of ether oxygens (including phenoxy) is 3. The largest absolute Gasteiger partial charge is 0.473 e. The molecule has 1 amide bonds. The summed E-state index contributed by atoms with van der Waals surface area (Å²) in [7, 11) is 1.96. The molecule has 5 aromatic rings. The maximum atomic E-state index is 12.6. The van der Waals surface area contributed by atoms with Gasteiger partial charge in [-0.1, -0.05) is 60.7 Å². The Bertz CT molecular complexity index is 1820. The molecule has 0 spiro atoms. The van der Waals surface area contributed by atoms with Crippen LogP contribution in [0.5, 0.6) is 11.8 Å². The first kappa shape index (κ1) is 32.9. The van der Waals surface area contributed by atoms with Crippen molar-refractivity contribution in [2.75, 3.05) is 25.0 Å². The van der Waals surface area contributed by atoms with Gasteiger partial charge in [-0.05, 0) is 81.3 Å². The van der Waals surface area contributed by atoms with Crippen LogP contribution in [-0.4, -0.2) is 51.0 Å². The predicted molar refractivity (Wildman–Crippen MR) is 189 cm³/mol. The van der Waals surface area contributed by atoms with E-state index in [0.29, 0.717) is 30.9 Å². The molecule has 0 radical (unpaired) electrons. The second-order valence-corrected chi connectivity index (χ2v) is 13.4. The molecule has 9 heteroatoms. The molecule has 0 saturated carbocycles. The zero-order valence-electron chi connectivity index (χ0n) is 28.3. The fraction of sp³-hybridized carbons (Fsp3) is 0.359. The van der Waals surface area contributed by atoms with Crippen LogP contribution in [0.25, 0.3) is 22.2 Å². The van der Waals surface area contributed by atoms with Crippen LogP contribution in [0.4, 0.5) is 10.5 Å². The fourth-order valence-corrected chi connectivity index (χ4v) is 6.03. The van der Waals surface area contributed by atoms with Crippen molar-refractivity contribution in [2.24, 2.45) is 13.0 Å². The van der Waals surface area contributed by atoms with Gasteiger partial charge in [0.25, 0.3) is 0 Å². The van der Waals surface area contributed by atoms with Crippen LogP contribution in [0.1, 0.15) is 51.2 Å². The van der Waals surface area contributed by atoms with Gasteiger partial charge in [-0.2, -0.15) is 10.1 Å². The zero-order chi connectivity index (χ0) is 33.5. The second-order valence-electron chi connectivity index (χ2n) is 13.4. The molecule has 0 bridgehead atoms. The van der Waals surface area contributed by atoms with Gasteiger partial charge in [0.15, 0.2) is 0 Å². The van der Waals surface area contributed by atoms with Crippen LogP contribution >= 0.6 is 0 Å². The Morgan fingerprint density at radius 1 is 0.917 bits per heavy atom. The molecule has 1 fully saturated rings. The second kappa shape index (κ2) is 14.8. The number of carbonyl (C=O) groups is 1. The van der Waals surface area contributed by atoms with E-state index in [-0.39, 0.29) is 6.09 Å². The Morgan fingerprint density at radius 2 is 1.62 bits per heavy atom. The molecule has 1 saturated heterocycles. The number of hydrogen-bond donors (Lipinski definition) is 1. The van der Waals surface area contributed by atoms with E-state index in [4.69, 9.17) is 24.3 Å². The van der Waals surface area contributed by atoms with E-state index < -0.39 is 5.60 Å². The van der Waals surface area contributed by atoms with Crippen molar-refractivity contribution in [3.63, 3.8) is 0 Å². The van der Waals surface area contributed by atoms with Gasteiger partial charge >= 0.3 is 6.09 Å². The summed E-state index contributed by atoms with van der Waals surface area (Å²) in [5.41, 5.74) is 5.26. The minimum Gasteiger partial charge on any atom is -0.473 e. The van der Waals surface area contributed by atoms with Crippen molar-refractivity contribution in [1.29, 1.82) is 0 Å². The van der Waals surface area contributed by atoms with E-state index in [2.05, 4.69) is 23.5 Å². The lowest BCUT2D eigenvalue weighted by Crippen LogP contribution is -2.43. The van der Waals surface area contributed by atoms with Gasteiger partial charge in [0.05, 0.1) is 11.1 Å². The molecule has 1 aliphatic rings. The van der Waals surface area contributed by atoms with Gasteiger partial charge in [0.2, 0.25) is 11.8 Å². The smallest absolute Gasteiger partial charge is 0.410 e. The third-order valence-corrected chi connectivity index (χ3v) is 8.44. The minimum absolute atomic E-state index is 0.212. The summed E-state index contributed by atoms with van der Waals surface area (Å²) in [6, 6.07) is 30.3. The van der Waals surface area contributed by atoms with E-state index in [0.717, 1.165) is 77.9 Å². The maximum absolute atomic E-state index is 12.6. The minimum atomic E-state index is -0.483. The van der Waals surface area contributed by atoms with E-state index in [1.807, 2.05) is 110 Å². The molecule has 1 N–H and O–H groups in total. The van der Waals surface area contributed by atoms with Crippen molar-refractivity contribution in [1.82, 2.24) is 19.7 Å². The zero-order valence-corrected chi connectivity index (χ0v) is 28.3. The van der Waals surface area contributed by atoms with Crippen molar-refractivity contribution < 1.29 is 19.0 Å². The molecular formula is C39H45N5O4. The standard InChI is InChI=1S/C39H45N5O4/c1-39(2,3)48-38(45)44-23-11-16-28(25-44)21-22-40-31-17-18-32-34(24-31)43(4)42-36(32)33-19-20-35(46-26-29-12-7-5-8-13-29)41-37(33)47-27-30-14-9-6-10-15-30/h5-10,12-15,17-20,24,28,40H,11,16,21-23,25-27H2,1-4H3. The first-order valence-corrected chi connectivity index (χ1v) is 16.8. The van der Waals surface area contributed by atoms with Crippen molar-refractivity contribution in [3.8, 4) is 23.0 Å². The molecular weight excluding hydrogens is 602 g/mol. The predicted octanol–water partition coefficient (Wildman–Crippen LogP) is 8.24. The summed E-state index contributed by atoms with van der Waals surface area (Å²) < 4.78 is 19.9. The molecule has 1 unspecified atom stereocenters. The summed E-state index contributed by atoms with van der Waals surface area (Å²) >= 11 is 0. The number of aryl methyl sites for hydroxylation is 1. The molecule has 0 aliphatic carbocycles. The van der Waals surface area contributed by atoms with Crippen LogP contribution in [0, 0.1) is 5.92 Å². The number of hydrogen-bond acceptors (Lipinski definition) is 7. The number of pyridine rings is 1. The number of rotatable bonds is 11. The highest BCUT2D eigenvalue weighted by Crippen LogP contribution is 2.36. The molecule has 2 aromatic heterocycles. The highest BCUT2D eigenvalue weighted by molar-refractivity contribution is 5.96. The van der Waals surface area contributed by atoms with Crippen LogP contribution in [0.15, 0.2) is 91.0 Å². The molecule has 1 aliphatic heterocycles. The lowest BCUT2D eigenvalue weighted by Gasteiger charge is -2.34. The average molecular weight is 648 g/mol. The SMILES string of the molecule is Cn1nc(-c2ccc(OCc3ccccc3)nc2OCc2ccccc2)c2ccc(NCCC3CCCN(C(=O)OC(C)(C)C)C3)cc21. The highest BCUT2D eigenvalue weighted by atomic mass is 16.6. The molecule has 250 valence electrons. The van der Waals surface area contributed by atoms with Crippen molar-refractivity contribution in [3.05, 3.63) is 102 Å². The fourth-order valence-electron chi connectivity index (χ4n) is 6.03. The average Bonchev–Trinajstić information content (AvgIpc) is 3.42. The summed E-state index contributed by atoms with van der Waals surface area (Å²) in [6.07, 6.45) is 2.88. The number of carbonyl (C=O) groups excluding carboxylic acids is 1. The Kier molecular flexibility index (Phi) is 10.1. The van der Waals surface area contributed by atoms with Crippen LogP contribution in [0.2, 0.25) is 0 Å². The highest BCUT2D eigenvalue weighted by Gasteiger charge is 2.27. The lowest BCUT2D eigenvalue weighted by atomic mass is 9.95. The topological polar surface area (TPSA) is 90.7 Å². The van der Waals surface area contributed by atoms with Crippen LogP contribution in [0.3, 0.4) is 0 Å². The van der Waals surface area contributed by atoms with Crippen LogP contribution in [-0.2, 0) is 25.0 Å². The number of nitrogens with one attached hydrogen (secondary N) is 1. The van der Waals surface area contributed by atoms with E-state index in [1.165, 1.54) is 0 Å².